The summed E-state index contributed by atoms with van der Waals surface area (Å²) in [5.41, 5.74) is 0.338. The van der Waals surface area contributed by atoms with Gasteiger partial charge in [-0.3, -0.25) is 4.79 Å². The molecule has 0 saturated carbocycles. The molecule has 1 aromatic carbocycles. The van der Waals surface area contributed by atoms with Crippen molar-refractivity contribution in [3.05, 3.63) is 34.1 Å². The van der Waals surface area contributed by atoms with Gasteiger partial charge in [0.25, 0.3) is 5.91 Å². The van der Waals surface area contributed by atoms with Crippen molar-refractivity contribution < 1.29 is 9.18 Å². The molecule has 106 valence electrons. The fourth-order valence-electron chi connectivity index (χ4n) is 2.29. The molecule has 0 atom stereocenters. The summed E-state index contributed by atoms with van der Waals surface area (Å²) in [5.74, 6) is -0.618. The van der Waals surface area contributed by atoms with Crippen LogP contribution in [0.15, 0.2) is 22.7 Å². The van der Waals surface area contributed by atoms with Gasteiger partial charge in [-0.2, -0.15) is 5.26 Å². The van der Waals surface area contributed by atoms with E-state index in [0.717, 1.165) is 0 Å². The Hall–Kier alpha value is -1.06. The standard InChI is InChI=1S/C14H14BrFN2OS/c1-20-14(9-17)2-4-18(5-3-14)13(19)10-6-11(15)8-12(16)7-10/h6-8H,2-5H2,1H3. The largest absolute Gasteiger partial charge is 0.338 e. The van der Waals surface area contributed by atoms with Gasteiger partial charge in [-0.1, -0.05) is 15.9 Å². The van der Waals surface area contributed by atoms with Gasteiger partial charge in [0, 0.05) is 23.1 Å². The van der Waals surface area contributed by atoms with Crippen molar-refractivity contribution in [2.45, 2.75) is 17.6 Å². The lowest BCUT2D eigenvalue weighted by atomic mass is 9.96. The fraction of sp³-hybridized carbons (Fsp3) is 0.429. The maximum atomic E-state index is 13.3. The fourth-order valence-corrected chi connectivity index (χ4v) is 3.44. The van der Waals surface area contributed by atoms with Crippen molar-refractivity contribution in [2.75, 3.05) is 19.3 Å². The van der Waals surface area contributed by atoms with Crippen LogP contribution in [0.5, 0.6) is 0 Å². The quantitative estimate of drug-likeness (QED) is 0.814. The molecule has 1 heterocycles. The van der Waals surface area contributed by atoms with E-state index in [1.165, 1.54) is 12.1 Å². The van der Waals surface area contributed by atoms with Crippen LogP contribution >= 0.6 is 27.7 Å². The lowest BCUT2D eigenvalue weighted by Gasteiger charge is -2.36. The van der Waals surface area contributed by atoms with Gasteiger partial charge in [0.15, 0.2) is 0 Å². The minimum Gasteiger partial charge on any atom is -0.338 e. The summed E-state index contributed by atoms with van der Waals surface area (Å²) in [6, 6.07) is 6.52. The Bertz CT molecular complexity index is 545. The predicted octanol–water partition coefficient (Wildman–Crippen LogP) is 3.45. The molecular weight excluding hydrogens is 343 g/mol. The maximum absolute atomic E-state index is 13.3. The molecule has 1 aliphatic heterocycles. The lowest BCUT2D eigenvalue weighted by Crippen LogP contribution is -2.44. The first kappa shape index (κ1) is 15.3. The summed E-state index contributed by atoms with van der Waals surface area (Å²) in [6.07, 6.45) is 3.21. The summed E-state index contributed by atoms with van der Waals surface area (Å²) in [4.78, 5) is 14.0. The smallest absolute Gasteiger partial charge is 0.253 e. The minimum absolute atomic E-state index is 0.183. The average Bonchev–Trinajstić information content (AvgIpc) is 2.45. The molecule has 1 aliphatic rings. The second-order valence-corrected chi connectivity index (χ2v) is 6.87. The van der Waals surface area contributed by atoms with Gasteiger partial charge in [-0.15, -0.1) is 11.8 Å². The number of carbonyl (C=O) groups is 1. The molecule has 1 aromatic rings. The van der Waals surface area contributed by atoms with Gasteiger partial charge >= 0.3 is 0 Å². The highest BCUT2D eigenvalue weighted by Crippen LogP contribution is 2.34. The highest BCUT2D eigenvalue weighted by Gasteiger charge is 2.35. The third-order valence-electron chi connectivity index (χ3n) is 3.56. The van der Waals surface area contributed by atoms with Crippen molar-refractivity contribution in [3.63, 3.8) is 0 Å². The van der Waals surface area contributed by atoms with E-state index in [4.69, 9.17) is 0 Å². The monoisotopic (exact) mass is 356 g/mol. The predicted molar refractivity (Wildman–Crippen MR) is 81.1 cm³/mol. The number of carbonyl (C=O) groups excluding carboxylic acids is 1. The number of hydrogen-bond acceptors (Lipinski definition) is 3. The zero-order valence-corrected chi connectivity index (χ0v) is 13.4. The van der Waals surface area contributed by atoms with E-state index in [1.54, 1.807) is 22.7 Å². The zero-order chi connectivity index (χ0) is 14.8. The van der Waals surface area contributed by atoms with Crippen LogP contribution in [0.25, 0.3) is 0 Å². The topological polar surface area (TPSA) is 44.1 Å². The molecule has 1 amide bonds. The Kier molecular flexibility index (Phi) is 4.71. The van der Waals surface area contributed by atoms with E-state index >= 15 is 0 Å². The SMILES string of the molecule is CSC1(C#N)CCN(C(=O)c2cc(F)cc(Br)c2)CC1. The van der Waals surface area contributed by atoms with Crippen LogP contribution in [0.4, 0.5) is 4.39 Å². The van der Waals surface area contributed by atoms with Crippen LogP contribution in [-0.4, -0.2) is 34.9 Å². The van der Waals surface area contributed by atoms with Crippen LogP contribution in [0.1, 0.15) is 23.2 Å². The lowest BCUT2D eigenvalue weighted by molar-refractivity contribution is 0.0716. The van der Waals surface area contributed by atoms with Gasteiger partial charge in [0.05, 0.1) is 6.07 Å². The average molecular weight is 357 g/mol. The second kappa shape index (κ2) is 6.15. The van der Waals surface area contributed by atoms with Crippen LogP contribution in [-0.2, 0) is 0 Å². The van der Waals surface area contributed by atoms with Crippen LogP contribution < -0.4 is 0 Å². The highest BCUT2D eigenvalue weighted by atomic mass is 79.9. The number of piperidine rings is 1. The molecule has 3 nitrogen and oxygen atoms in total. The summed E-state index contributed by atoms with van der Waals surface area (Å²) in [7, 11) is 0. The molecule has 20 heavy (non-hydrogen) atoms. The Morgan fingerprint density at radius 3 is 2.60 bits per heavy atom. The van der Waals surface area contributed by atoms with Crippen molar-refractivity contribution in [1.29, 1.82) is 5.26 Å². The molecule has 6 heteroatoms. The van der Waals surface area contributed by atoms with E-state index in [0.29, 0.717) is 36.0 Å². The van der Waals surface area contributed by atoms with E-state index in [1.807, 2.05) is 6.26 Å². The number of likely N-dealkylation sites (tertiary alicyclic amines) is 1. The van der Waals surface area contributed by atoms with Crippen LogP contribution in [0.2, 0.25) is 0 Å². The molecular formula is C14H14BrFN2OS. The number of benzene rings is 1. The first-order valence-corrected chi connectivity index (χ1v) is 8.23. The summed E-state index contributed by atoms with van der Waals surface area (Å²) >= 11 is 4.73. The van der Waals surface area contributed by atoms with E-state index in [9.17, 15) is 14.4 Å². The Morgan fingerprint density at radius 1 is 1.45 bits per heavy atom. The first-order valence-electron chi connectivity index (χ1n) is 6.21. The van der Waals surface area contributed by atoms with E-state index in [-0.39, 0.29) is 10.7 Å². The molecule has 0 aliphatic carbocycles. The van der Waals surface area contributed by atoms with Crippen LogP contribution in [0, 0.1) is 17.1 Å². The molecule has 0 spiro atoms. The summed E-state index contributed by atoms with van der Waals surface area (Å²) < 4.78 is 13.5. The number of rotatable bonds is 2. The molecule has 2 rings (SSSR count). The van der Waals surface area contributed by atoms with E-state index in [2.05, 4.69) is 22.0 Å². The molecule has 1 saturated heterocycles. The highest BCUT2D eigenvalue weighted by molar-refractivity contribution is 9.10. The molecule has 1 fully saturated rings. The van der Waals surface area contributed by atoms with Gasteiger partial charge in [0.1, 0.15) is 10.6 Å². The zero-order valence-electron chi connectivity index (χ0n) is 11.0. The van der Waals surface area contributed by atoms with Gasteiger partial charge < -0.3 is 4.90 Å². The maximum Gasteiger partial charge on any atom is 0.253 e. The normalized spacial score (nSPS) is 17.6. The van der Waals surface area contributed by atoms with Crippen molar-refractivity contribution in [1.82, 2.24) is 4.90 Å². The third kappa shape index (κ3) is 3.15. The molecule has 0 N–H and O–H groups in total. The van der Waals surface area contributed by atoms with Gasteiger partial charge in [0.2, 0.25) is 0 Å². The first-order chi connectivity index (χ1) is 9.49. The summed E-state index contributed by atoms with van der Waals surface area (Å²) in [5, 5.41) is 9.23. The van der Waals surface area contributed by atoms with Gasteiger partial charge in [-0.05, 0) is 37.3 Å². The molecule has 0 aromatic heterocycles. The van der Waals surface area contributed by atoms with Crippen molar-refractivity contribution in [2.24, 2.45) is 0 Å². The molecule has 0 radical (unpaired) electrons. The number of thioether (sulfide) groups is 1. The second-order valence-electron chi connectivity index (χ2n) is 4.76. The number of hydrogen-bond donors (Lipinski definition) is 0. The number of nitriles is 1. The third-order valence-corrected chi connectivity index (χ3v) is 5.30. The van der Waals surface area contributed by atoms with Crippen molar-refractivity contribution in [3.8, 4) is 6.07 Å². The molecule has 0 unspecified atom stereocenters. The minimum atomic E-state index is -0.435. The number of halogens is 2. The van der Waals surface area contributed by atoms with Crippen LogP contribution in [0.3, 0.4) is 0 Å². The number of amides is 1. The Balaban J connectivity index is 2.11. The summed E-state index contributed by atoms with van der Waals surface area (Å²) in [6.45, 7) is 1.06. The molecule has 0 bridgehead atoms. The Morgan fingerprint density at radius 2 is 2.10 bits per heavy atom. The van der Waals surface area contributed by atoms with Crippen molar-refractivity contribution >= 4 is 33.6 Å². The van der Waals surface area contributed by atoms with Gasteiger partial charge in [-0.25, -0.2) is 4.39 Å². The van der Waals surface area contributed by atoms with E-state index < -0.39 is 5.82 Å². The Labute approximate surface area is 130 Å². The number of nitrogens with zero attached hydrogens (tertiary/aromatic N) is 2.